The van der Waals surface area contributed by atoms with Crippen molar-refractivity contribution in [3.05, 3.63) is 0 Å². The third-order valence-corrected chi connectivity index (χ3v) is 3.55. The average Bonchev–Trinajstić information content (AvgIpc) is 2.18. The zero-order valence-electron chi connectivity index (χ0n) is 17.8. The van der Waals surface area contributed by atoms with Gasteiger partial charge in [-0.3, -0.25) is 9.80 Å². The molecule has 0 saturated carbocycles. The Morgan fingerprint density at radius 1 is 0.600 bits per heavy atom. The summed E-state index contributed by atoms with van der Waals surface area (Å²) in [6.45, 7) is 18.4. The SMILES string of the molecule is CC(CN(CC(C)(C)O)CC(C)(C)O)N(CC(C)(C)O)CC(C)(C)O. The predicted octanol–water partition coefficient (Wildman–Crippen LogP) is 1.06. The van der Waals surface area contributed by atoms with E-state index in [2.05, 4.69) is 4.90 Å². The lowest BCUT2D eigenvalue weighted by molar-refractivity contribution is -0.0434. The maximum absolute atomic E-state index is 10.2. The van der Waals surface area contributed by atoms with Crippen LogP contribution in [0.1, 0.15) is 62.3 Å². The van der Waals surface area contributed by atoms with Crippen molar-refractivity contribution < 1.29 is 20.4 Å². The molecule has 6 nitrogen and oxygen atoms in total. The highest BCUT2D eigenvalue weighted by atomic mass is 16.3. The van der Waals surface area contributed by atoms with Crippen molar-refractivity contribution >= 4 is 0 Å². The molecule has 0 rings (SSSR count). The van der Waals surface area contributed by atoms with Crippen LogP contribution in [0.25, 0.3) is 0 Å². The lowest BCUT2D eigenvalue weighted by Gasteiger charge is -2.41. The van der Waals surface area contributed by atoms with Gasteiger partial charge in [0.1, 0.15) is 0 Å². The standard InChI is InChI=1S/C19H42N2O4/c1-15(21(13-18(6,7)24)14-19(8,9)25)10-20(11-16(2,3)22)12-17(4,5)23/h15,22-25H,10-14H2,1-9H3. The second-order valence-corrected chi connectivity index (χ2v) is 10.2. The molecule has 0 bridgehead atoms. The number of hydrogen-bond donors (Lipinski definition) is 4. The van der Waals surface area contributed by atoms with Crippen LogP contribution in [0.4, 0.5) is 0 Å². The van der Waals surface area contributed by atoms with E-state index in [0.717, 1.165) is 0 Å². The average molecular weight is 363 g/mol. The van der Waals surface area contributed by atoms with Crippen LogP contribution in [0, 0.1) is 0 Å². The highest BCUT2D eigenvalue weighted by Gasteiger charge is 2.30. The van der Waals surface area contributed by atoms with Gasteiger partial charge in [-0.2, -0.15) is 0 Å². The van der Waals surface area contributed by atoms with Gasteiger partial charge in [-0.1, -0.05) is 0 Å². The molecule has 0 radical (unpaired) electrons. The van der Waals surface area contributed by atoms with Crippen LogP contribution in [0.2, 0.25) is 0 Å². The minimum absolute atomic E-state index is 0.0301. The van der Waals surface area contributed by atoms with Crippen molar-refractivity contribution in [1.29, 1.82) is 0 Å². The highest BCUT2D eigenvalue weighted by molar-refractivity contribution is 4.86. The van der Waals surface area contributed by atoms with Gasteiger partial charge in [0.05, 0.1) is 22.4 Å². The molecule has 6 heteroatoms. The van der Waals surface area contributed by atoms with E-state index in [1.54, 1.807) is 55.4 Å². The Morgan fingerprint density at radius 2 is 0.880 bits per heavy atom. The first kappa shape index (κ1) is 24.8. The van der Waals surface area contributed by atoms with E-state index < -0.39 is 22.4 Å². The van der Waals surface area contributed by atoms with Crippen LogP contribution in [0.3, 0.4) is 0 Å². The minimum atomic E-state index is -0.878. The number of nitrogens with zero attached hydrogens (tertiary/aromatic N) is 2. The van der Waals surface area contributed by atoms with E-state index in [0.29, 0.717) is 32.7 Å². The van der Waals surface area contributed by atoms with Crippen LogP contribution in [0.15, 0.2) is 0 Å². The molecular weight excluding hydrogens is 320 g/mol. The largest absolute Gasteiger partial charge is 0.389 e. The first-order valence-corrected chi connectivity index (χ1v) is 9.13. The predicted molar refractivity (Wildman–Crippen MR) is 103 cm³/mol. The Labute approximate surface area is 154 Å². The molecule has 1 atom stereocenters. The van der Waals surface area contributed by atoms with E-state index in [9.17, 15) is 20.4 Å². The molecule has 0 aliphatic rings. The summed E-state index contributed by atoms with van der Waals surface area (Å²) in [6.07, 6.45) is 0. The maximum atomic E-state index is 10.2. The van der Waals surface area contributed by atoms with Crippen molar-refractivity contribution in [3.63, 3.8) is 0 Å². The van der Waals surface area contributed by atoms with Gasteiger partial charge in [-0.05, 0) is 62.3 Å². The third-order valence-electron chi connectivity index (χ3n) is 3.55. The van der Waals surface area contributed by atoms with Gasteiger partial charge < -0.3 is 20.4 Å². The normalized spacial score (nSPS) is 16.0. The Morgan fingerprint density at radius 3 is 1.12 bits per heavy atom. The zero-order valence-corrected chi connectivity index (χ0v) is 17.8. The number of aliphatic hydroxyl groups is 4. The van der Waals surface area contributed by atoms with Crippen LogP contribution in [0.5, 0.6) is 0 Å². The first-order valence-electron chi connectivity index (χ1n) is 9.13. The monoisotopic (exact) mass is 362 g/mol. The molecule has 0 spiro atoms. The minimum Gasteiger partial charge on any atom is -0.389 e. The summed E-state index contributed by atoms with van der Waals surface area (Å²) in [7, 11) is 0. The molecule has 0 aromatic carbocycles. The summed E-state index contributed by atoms with van der Waals surface area (Å²) in [6, 6.07) is 0.0301. The molecule has 0 aromatic rings. The van der Waals surface area contributed by atoms with Crippen LogP contribution >= 0.6 is 0 Å². The van der Waals surface area contributed by atoms with Crippen molar-refractivity contribution in [2.24, 2.45) is 0 Å². The lowest BCUT2D eigenvalue weighted by atomic mass is 10.0. The number of hydrogen-bond acceptors (Lipinski definition) is 6. The fourth-order valence-corrected chi connectivity index (χ4v) is 3.13. The van der Waals surface area contributed by atoms with Gasteiger partial charge in [0.15, 0.2) is 0 Å². The Bertz CT molecular complexity index is 354. The van der Waals surface area contributed by atoms with Crippen molar-refractivity contribution in [1.82, 2.24) is 9.80 Å². The van der Waals surface area contributed by atoms with Crippen LogP contribution in [-0.2, 0) is 0 Å². The molecule has 0 aliphatic carbocycles. The molecular formula is C19H42N2O4. The van der Waals surface area contributed by atoms with Crippen LogP contribution < -0.4 is 0 Å². The second kappa shape index (κ2) is 8.63. The molecule has 0 heterocycles. The first-order chi connectivity index (χ1) is 10.8. The van der Waals surface area contributed by atoms with Crippen LogP contribution in [-0.4, -0.2) is 91.4 Å². The Hall–Kier alpha value is -0.240. The molecule has 4 N–H and O–H groups in total. The summed E-state index contributed by atoms with van der Waals surface area (Å²) in [5, 5.41) is 40.8. The molecule has 152 valence electrons. The summed E-state index contributed by atoms with van der Waals surface area (Å²) in [5.74, 6) is 0. The molecule has 1 unspecified atom stereocenters. The fourth-order valence-electron chi connectivity index (χ4n) is 3.13. The van der Waals surface area contributed by atoms with Gasteiger partial charge in [0.2, 0.25) is 0 Å². The van der Waals surface area contributed by atoms with Gasteiger partial charge in [0.25, 0.3) is 0 Å². The second-order valence-electron chi connectivity index (χ2n) is 10.2. The molecule has 0 fully saturated rings. The Kier molecular flexibility index (Phi) is 8.55. The molecule has 25 heavy (non-hydrogen) atoms. The van der Waals surface area contributed by atoms with Gasteiger partial charge >= 0.3 is 0 Å². The molecule has 0 aliphatic heterocycles. The summed E-state index contributed by atoms with van der Waals surface area (Å²) < 4.78 is 0. The van der Waals surface area contributed by atoms with Gasteiger partial charge in [-0.15, -0.1) is 0 Å². The third kappa shape index (κ3) is 14.6. The smallest absolute Gasteiger partial charge is 0.0718 e. The molecule has 0 saturated heterocycles. The van der Waals surface area contributed by atoms with Crippen molar-refractivity contribution in [3.8, 4) is 0 Å². The maximum Gasteiger partial charge on any atom is 0.0718 e. The molecule has 0 aromatic heterocycles. The summed E-state index contributed by atoms with van der Waals surface area (Å²) in [5.41, 5.74) is -3.50. The quantitative estimate of drug-likeness (QED) is 0.440. The van der Waals surface area contributed by atoms with Gasteiger partial charge in [0, 0.05) is 38.8 Å². The van der Waals surface area contributed by atoms with Crippen molar-refractivity contribution in [2.45, 2.75) is 90.8 Å². The van der Waals surface area contributed by atoms with Gasteiger partial charge in [-0.25, -0.2) is 0 Å². The number of rotatable bonds is 11. The van der Waals surface area contributed by atoms with E-state index >= 15 is 0 Å². The highest BCUT2D eigenvalue weighted by Crippen LogP contribution is 2.17. The topological polar surface area (TPSA) is 87.4 Å². The Balaban J connectivity index is 5.23. The lowest BCUT2D eigenvalue weighted by Crippen LogP contribution is -2.55. The van der Waals surface area contributed by atoms with E-state index in [1.807, 2.05) is 11.8 Å². The van der Waals surface area contributed by atoms with Crippen molar-refractivity contribution in [2.75, 3.05) is 32.7 Å². The van der Waals surface area contributed by atoms with E-state index in [1.165, 1.54) is 0 Å². The fraction of sp³-hybridized carbons (Fsp3) is 1.00. The summed E-state index contributed by atoms with van der Waals surface area (Å²) >= 11 is 0. The van der Waals surface area contributed by atoms with E-state index in [-0.39, 0.29) is 6.04 Å². The summed E-state index contributed by atoms with van der Waals surface area (Å²) in [4.78, 5) is 4.09. The van der Waals surface area contributed by atoms with E-state index in [4.69, 9.17) is 0 Å². The zero-order chi connectivity index (χ0) is 20.3. The molecule has 0 amide bonds.